The van der Waals surface area contributed by atoms with E-state index >= 15 is 0 Å². The van der Waals surface area contributed by atoms with Crippen molar-refractivity contribution in [1.82, 2.24) is 16.0 Å². The number of carbonyl (C=O) groups excluding carboxylic acids is 2. The number of nitrogens with one attached hydrogen (secondary N) is 3. The summed E-state index contributed by atoms with van der Waals surface area (Å²) in [5.41, 5.74) is 1.10. The van der Waals surface area contributed by atoms with Crippen molar-refractivity contribution in [3.05, 3.63) is 35.9 Å². The first-order chi connectivity index (χ1) is 11.6. The van der Waals surface area contributed by atoms with Gasteiger partial charge in [0.05, 0.1) is 18.1 Å². The Morgan fingerprint density at radius 2 is 2.00 bits per heavy atom. The van der Waals surface area contributed by atoms with E-state index in [-0.39, 0.29) is 36.0 Å². The van der Waals surface area contributed by atoms with Crippen molar-refractivity contribution in [2.24, 2.45) is 5.92 Å². The normalized spacial score (nSPS) is 27.7. The molecule has 1 aromatic rings. The molecule has 2 aliphatic rings. The van der Waals surface area contributed by atoms with E-state index in [1.165, 1.54) is 6.42 Å². The molecule has 24 heavy (non-hydrogen) atoms. The molecule has 3 rings (SSSR count). The van der Waals surface area contributed by atoms with Crippen LogP contribution in [-0.4, -0.2) is 24.0 Å². The molecule has 2 amide bonds. The zero-order valence-electron chi connectivity index (χ0n) is 14.3. The van der Waals surface area contributed by atoms with E-state index in [2.05, 4.69) is 16.0 Å². The molecule has 3 N–H and O–H groups in total. The van der Waals surface area contributed by atoms with Crippen LogP contribution in [0.25, 0.3) is 0 Å². The molecule has 4 atom stereocenters. The maximum atomic E-state index is 12.2. The zero-order chi connectivity index (χ0) is 16.9. The van der Waals surface area contributed by atoms with Gasteiger partial charge in [-0.3, -0.25) is 14.9 Å². The van der Waals surface area contributed by atoms with Crippen molar-refractivity contribution >= 4 is 11.8 Å². The minimum absolute atomic E-state index is 0.00432. The Bertz CT molecular complexity index is 575. The molecule has 1 aliphatic carbocycles. The average molecular weight is 329 g/mol. The summed E-state index contributed by atoms with van der Waals surface area (Å²) in [7, 11) is 0. The lowest BCUT2D eigenvalue weighted by molar-refractivity contribution is -0.131. The number of rotatable bonds is 5. The van der Waals surface area contributed by atoms with Gasteiger partial charge in [-0.05, 0) is 31.7 Å². The first-order valence-electron chi connectivity index (χ1n) is 9.04. The van der Waals surface area contributed by atoms with Crippen molar-refractivity contribution in [2.45, 2.75) is 63.7 Å². The van der Waals surface area contributed by atoms with Crippen molar-refractivity contribution < 1.29 is 9.59 Å². The maximum Gasteiger partial charge on any atom is 0.225 e. The van der Waals surface area contributed by atoms with E-state index in [0.29, 0.717) is 12.8 Å². The number of amides is 2. The maximum absolute atomic E-state index is 12.2. The molecule has 0 spiro atoms. The van der Waals surface area contributed by atoms with Gasteiger partial charge in [0.1, 0.15) is 0 Å². The first kappa shape index (κ1) is 17.0. The highest BCUT2D eigenvalue weighted by Crippen LogP contribution is 2.27. The molecule has 1 aromatic carbocycles. The van der Waals surface area contributed by atoms with Crippen molar-refractivity contribution in [3.8, 4) is 0 Å². The van der Waals surface area contributed by atoms with Gasteiger partial charge in [-0.1, -0.05) is 43.2 Å². The van der Waals surface area contributed by atoms with Crippen molar-refractivity contribution in [3.63, 3.8) is 0 Å². The quantitative estimate of drug-likeness (QED) is 0.776. The van der Waals surface area contributed by atoms with Gasteiger partial charge in [0.15, 0.2) is 0 Å². The highest BCUT2D eigenvalue weighted by Gasteiger charge is 2.37. The standard InChI is InChI=1S/C19H27N3O2/c1-13(14-7-3-2-4-8-14)20-18(23)12-11-17-21-16-10-6-5-9-15(16)19(24)22-17/h2-4,7-8,13,15-17,21H,5-6,9-12H2,1H3,(H,20,23)(H,22,24)/t13-,15?,16?,17?/m0/s1. The molecule has 0 radical (unpaired) electrons. The molecule has 0 aromatic heterocycles. The van der Waals surface area contributed by atoms with Gasteiger partial charge in [0.25, 0.3) is 0 Å². The lowest BCUT2D eigenvalue weighted by Crippen LogP contribution is -2.62. The second-order valence-corrected chi connectivity index (χ2v) is 6.96. The predicted molar refractivity (Wildman–Crippen MR) is 93.0 cm³/mol. The third kappa shape index (κ3) is 4.15. The summed E-state index contributed by atoms with van der Waals surface area (Å²) in [5.74, 6) is 0.289. The SMILES string of the molecule is C[C@H](NC(=O)CCC1NC(=O)C2CCCCC2N1)c1ccccc1. The average Bonchev–Trinajstić information content (AvgIpc) is 2.61. The molecule has 5 heteroatoms. The molecule has 3 unspecified atom stereocenters. The topological polar surface area (TPSA) is 70.2 Å². The summed E-state index contributed by atoms with van der Waals surface area (Å²) in [6.07, 6.45) is 5.31. The van der Waals surface area contributed by atoms with Gasteiger partial charge >= 0.3 is 0 Å². The third-order valence-electron chi connectivity index (χ3n) is 5.17. The highest BCUT2D eigenvalue weighted by molar-refractivity contribution is 5.81. The summed E-state index contributed by atoms with van der Waals surface area (Å²) >= 11 is 0. The van der Waals surface area contributed by atoms with Gasteiger partial charge < -0.3 is 10.6 Å². The van der Waals surface area contributed by atoms with E-state index in [0.717, 1.165) is 24.8 Å². The summed E-state index contributed by atoms with van der Waals surface area (Å²) in [6, 6.07) is 10.2. The van der Waals surface area contributed by atoms with Crippen LogP contribution in [0.1, 0.15) is 57.1 Å². The Hall–Kier alpha value is -1.88. The van der Waals surface area contributed by atoms with Crippen LogP contribution in [-0.2, 0) is 9.59 Å². The van der Waals surface area contributed by atoms with E-state index < -0.39 is 0 Å². The lowest BCUT2D eigenvalue weighted by atomic mass is 9.82. The minimum Gasteiger partial charge on any atom is -0.350 e. The molecule has 1 aliphatic heterocycles. The number of hydrogen-bond donors (Lipinski definition) is 3. The fourth-order valence-electron chi connectivity index (χ4n) is 3.79. The van der Waals surface area contributed by atoms with Crippen LogP contribution in [0.15, 0.2) is 30.3 Å². The van der Waals surface area contributed by atoms with Crippen LogP contribution in [0.3, 0.4) is 0 Å². The molecule has 1 saturated heterocycles. The van der Waals surface area contributed by atoms with Crippen LogP contribution >= 0.6 is 0 Å². The predicted octanol–water partition coefficient (Wildman–Crippen LogP) is 2.25. The number of hydrogen-bond acceptors (Lipinski definition) is 3. The summed E-state index contributed by atoms with van der Waals surface area (Å²) in [6.45, 7) is 1.99. The Kier molecular flexibility index (Phi) is 5.51. The van der Waals surface area contributed by atoms with E-state index in [1.807, 2.05) is 37.3 Å². The van der Waals surface area contributed by atoms with Gasteiger partial charge in [0, 0.05) is 12.5 Å². The highest BCUT2D eigenvalue weighted by atomic mass is 16.2. The van der Waals surface area contributed by atoms with Gasteiger partial charge in [-0.25, -0.2) is 0 Å². The largest absolute Gasteiger partial charge is 0.350 e. The smallest absolute Gasteiger partial charge is 0.225 e. The fourth-order valence-corrected chi connectivity index (χ4v) is 3.79. The summed E-state index contributed by atoms with van der Waals surface area (Å²) < 4.78 is 0. The van der Waals surface area contributed by atoms with Gasteiger partial charge in [-0.15, -0.1) is 0 Å². The van der Waals surface area contributed by atoms with E-state index in [4.69, 9.17) is 0 Å². The summed E-state index contributed by atoms with van der Waals surface area (Å²) in [4.78, 5) is 24.4. The lowest BCUT2D eigenvalue weighted by Gasteiger charge is -2.40. The Morgan fingerprint density at radius 1 is 1.25 bits per heavy atom. The van der Waals surface area contributed by atoms with Crippen LogP contribution < -0.4 is 16.0 Å². The Morgan fingerprint density at radius 3 is 2.79 bits per heavy atom. The molecule has 1 saturated carbocycles. The number of benzene rings is 1. The number of fused-ring (bicyclic) bond motifs is 1. The minimum atomic E-state index is -0.0883. The Balaban J connectivity index is 1.45. The molecular weight excluding hydrogens is 302 g/mol. The van der Waals surface area contributed by atoms with Crippen LogP contribution in [0, 0.1) is 5.92 Å². The summed E-state index contributed by atoms with van der Waals surface area (Å²) in [5, 5.41) is 9.56. The zero-order valence-corrected chi connectivity index (χ0v) is 14.3. The third-order valence-corrected chi connectivity index (χ3v) is 5.17. The van der Waals surface area contributed by atoms with Crippen molar-refractivity contribution in [1.29, 1.82) is 0 Å². The first-order valence-corrected chi connectivity index (χ1v) is 9.04. The van der Waals surface area contributed by atoms with Crippen LogP contribution in [0.5, 0.6) is 0 Å². The number of carbonyl (C=O) groups is 2. The van der Waals surface area contributed by atoms with Gasteiger partial charge in [0.2, 0.25) is 11.8 Å². The molecule has 5 nitrogen and oxygen atoms in total. The van der Waals surface area contributed by atoms with E-state index in [9.17, 15) is 9.59 Å². The monoisotopic (exact) mass is 329 g/mol. The van der Waals surface area contributed by atoms with Crippen LogP contribution in [0.2, 0.25) is 0 Å². The van der Waals surface area contributed by atoms with Crippen molar-refractivity contribution in [2.75, 3.05) is 0 Å². The fraction of sp³-hybridized carbons (Fsp3) is 0.579. The van der Waals surface area contributed by atoms with Crippen LogP contribution in [0.4, 0.5) is 0 Å². The molecule has 2 fully saturated rings. The Labute approximate surface area is 143 Å². The second kappa shape index (κ2) is 7.79. The molecule has 0 bridgehead atoms. The van der Waals surface area contributed by atoms with Gasteiger partial charge in [-0.2, -0.15) is 0 Å². The molecule has 1 heterocycles. The molecular formula is C19H27N3O2. The molecule has 130 valence electrons. The van der Waals surface area contributed by atoms with E-state index in [1.54, 1.807) is 0 Å². The second-order valence-electron chi connectivity index (χ2n) is 6.96.